The topological polar surface area (TPSA) is 29.5 Å². The molecule has 1 saturated heterocycles. The average molecular weight is 263 g/mol. The number of carbonyl (C=O) groups excluding carboxylic acids is 1. The molecule has 1 atom stereocenters. The Morgan fingerprint density at radius 2 is 1.74 bits per heavy atom. The van der Waals surface area contributed by atoms with Gasteiger partial charge in [0, 0.05) is 19.5 Å². The first kappa shape index (κ1) is 12.0. The Morgan fingerprint density at radius 3 is 2.26 bits per heavy atom. The molecule has 4 bridgehead atoms. The van der Waals surface area contributed by atoms with Crippen LogP contribution >= 0.6 is 0 Å². The number of amides is 1. The fourth-order valence-corrected chi connectivity index (χ4v) is 5.77. The van der Waals surface area contributed by atoms with E-state index in [0.29, 0.717) is 5.41 Å². The van der Waals surface area contributed by atoms with Crippen LogP contribution in [0.1, 0.15) is 51.9 Å². The van der Waals surface area contributed by atoms with E-state index in [0.717, 1.165) is 37.3 Å². The maximum absolute atomic E-state index is 12.0. The molecule has 5 fully saturated rings. The molecule has 1 unspecified atom stereocenters. The first-order valence-corrected chi connectivity index (χ1v) is 8.07. The number of carbonyl (C=O) groups is 1. The Labute approximate surface area is 115 Å². The van der Waals surface area contributed by atoms with Gasteiger partial charge >= 0.3 is 6.09 Å². The molecule has 0 aromatic carbocycles. The average Bonchev–Trinajstić information content (AvgIpc) is 2.31. The van der Waals surface area contributed by atoms with Crippen molar-refractivity contribution >= 4 is 6.09 Å². The van der Waals surface area contributed by atoms with E-state index in [-0.39, 0.29) is 12.2 Å². The highest BCUT2D eigenvalue weighted by atomic mass is 16.6. The third-order valence-corrected chi connectivity index (χ3v) is 6.06. The van der Waals surface area contributed by atoms with Gasteiger partial charge in [0.2, 0.25) is 0 Å². The molecule has 1 heterocycles. The van der Waals surface area contributed by atoms with Crippen molar-refractivity contribution in [3.8, 4) is 0 Å². The minimum atomic E-state index is -0.0607. The summed E-state index contributed by atoms with van der Waals surface area (Å²) in [6.07, 6.45) is 9.59. The van der Waals surface area contributed by atoms with Gasteiger partial charge in [-0.3, -0.25) is 0 Å². The van der Waals surface area contributed by atoms with Gasteiger partial charge in [-0.05, 0) is 68.6 Å². The van der Waals surface area contributed by atoms with Gasteiger partial charge in [-0.1, -0.05) is 0 Å². The van der Waals surface area contributed by atoms with Crippen LogP contribution in [-0.4, -0.2) is 30.2 Å². The summed E-state index contributed by atoms with van der Waals surface area (Å²) < 4.78 is 5.40. The molecule has 1 amide bonds. The van der Waals surface area contributed by atoms with Crippen molar-refractivity contribution in [2.45, 2.75) is 58.0 Å². The minimum absolute atomic E-state index is 0.0607. The normalized spacial score (nSPS) is 48.5. The highest BCUT2D eigenvalue weighted by molar-refractivity contribution is 5.68. The number of hydrogen-bond donors (Lipinski definition) is 0. The van der Waals surface area contributed by atoms with Gasteiger partial charge in [0.1, 0.15) is 6.10 Å². The van der Waals surface area contributed by atoms with Crippen molar-refractivity contribution in [1.29, 1.82) is 0 Å². The quantitative estimate of drug-likeness (QED) is 0.764. The van der Waals surface area contributed by atoms with Gasteiger partial charge in [0.25, 0.3) is 0 Å². The van der Waals surface area contributed by atoms with Gasteiger partial charge in [-0.25, -0.2) is 4.79 Å². The number of hydrogen-bond acceptors (Lipinski definition) is 2. The van der Waals surface area contributed by atoms with Crippen LogP contribution in [0.2, 0.25) is 0 Å². The van der Waals surface area contributed by atoms with Crippen LogP contribution in [0.15, 0.2) is 0 Å². The molecule has 19 heavy (non-hydrogen) atoms. The van der Waals surface area contributed by atoms with E-state index in [1.807, 2.05) is 11.8 Å². The Balaban J connectivity index is 1.49. The van der Waals surface area contributed by atoms with Gasteiger partial charge in [-0.15, -0.1) is 0 Å². The maximum Gasteiger partial charge on any atom is 0.410 e. The molecule has 3 nitrogen and oxygen atoms in total. The lowest BCUT2D eigenvalue weighted by Crippen LogP contribution is -2.53. The third-order valence-electron chi connectivity index (χ3n) is 6.06. The molecule has 3 heteroatoms. The first-order valence-electron chi connectivity index (χ1n) is 8.07. The predicted octanol–water partition coefficient (Wildman–Crippen LogP) is 3.43. The molecule has 106 valence electrons. The Morgan fingerprint density at radius 1 is 1.16 bits per heavy atom. The number of ether oxygens (including phenoxy) is 1. The van der Waals surface area contributed by atoms with E-state index in [9.17, 15) is 4.79 Å². The second kappa shape index (κ2) is 4.13. The number of nitrogens with zero attached hydrogens (tertiary/aromatic N) is 1. The zero-order valence-corrected chi connectivity index (χ0v) is 11.9. The lowest BCUT2D eigenvalue weighted by atomic mass is 9.49. The summed E-state index contributed by atoms with van der Waals surface area (Å²) in [7, 11) is 0. The predicted molar refractivity (Wildman–Crippen MR) is 72.7 cm³/mol. The number of cyclic esters (lactones) is 1. The summed E-state index contributed by atoms with van der Waals surface area (Å²) >= 11 is 0. The van der Waals surface area contributed by atoms with E-state index >= 15 is 0 Å². The highest BCUT2D eigenvalue weighted by Crippen LogP contribution is 2.60. The van der Waals surface area contributed by atoms with E-state index < -0.39 is 0 Å². The summed E-state index contributed by atoms with van der Waals surface area (Å²) in [6.45, 7) is 3.88. The van der Waals surface area contributed by atoms with Crippen LogP contribution < -0.4 is 0 Å². The monoisotopic (exact) mass is 263 g/mol. The SMILES string of the molecule is CC1CCN(CC23CC4CC(CC(C4)C2)C3)C(=O)O1. The Kier molecular flexibility index (Phi) is 2.62. The summed E-state index contributed by atoms with van der Waals surface area (Å²) in [5.74, 6) is 2.89. The maximum atomic E-state index is 12.0. The van der Waals surface area contributed by atoms with Crippen LogP contribution in [0.4, 0.5) is 4.79 Å². The molecule has 5 rings (SSSR count). The van der Waals surface area contributed by atoms with Crippen LogP contribution in [-0.2, 0) is 4.74 Å². The zero-order chi connectivity index (χ0) is 13.0. The molecule has 0 spiro atoms. The lowest BCUT2D eigenvalue weighted by molar-refractivity contribution is -0.0746. The van der Waals surface area contributed by atoms with E-state index in [1.165, 1.54) is 38.5 Å². The Bertz CT molecular complexity index is 357. The summed E-state index contributed by atoms with van der Waals surface area (Å²) in [5, 5.41) is 0. The van der Waals surface area contributed by atoms with Crippen molar-refractivity contribution in [2.75, 3.05) is 13.1 Å². The van der Waals surface area contributed by atoms with Crippen molar-refractivity contribution in [3.63, 3.8) is 0 Å². The van der Waals surface area contributed by atoms with Gasteiger partial charge < -0.3 is 9.64 Å². The molecule has 4 saturated carbocycles. The fourth-order valence-electron chi connectivity index (χ4n) is 5.77. The minimum Gasteiger partial charge on any atom is -0.446 e. The van der Waals surface area contributed by atoms with Crippen LogP contribution in [0.3, 0.4) is 0 Å². The van der Waals surface area contributed by atoms with Crippen LogP contribution in [0, 0.1) is 23.2 Å². The van der Waals surface area contributed by atoms with E-state index in [2.05, 4.69) is 0 Å². The van der Waals surface area contributed by atoms with E-state index in [1.54, 1.807) is 0 Å². The summed E-state index contributed by atoms with van der Waals surface area (Å²) in [5.41, 5.74) is 0.453. The molecular weight excluding hydrogens is 238 g/mol. The second-order valence-electron chi connectivity index (χ2n) is 7.82. The standard InChI is InChI=1S/C16H25NO2/c1-11-2-3-17(15(18)19-11)10-16-7-12-4-13(8-16)6-14(5-12)9-16/h11-14H,2-10H2,1H3. The Hall–Kier alpha value is -0.730. The summed E-state index contributed by atoms with van der Waals surface area (Å²) in [6, 6.07) is 0. The van der Waals surface area contributed by atoms with Crippen molar-refractivity contribution in [3.05, 3.63) is 0 Å². The van der Waals surface area contributed by atoms with Gasteiger partial charge in [0.15, 0.2) is 0 Å². The number of rotatable bonds is 2. The van der Waals surface area contributed by atoms with Crippen molar-refractivity contribution in [1.82, 2.24) is 4.90 Å². The van der Waals surface area contributed by atoms with Gasteiger partial charge in [0.05, 0.1) is 0 Å². The summed E-state index contributed by atoms with van der Waals surface area (Å²) in [4.78, 5) is 14.0. The second-order valence-corrected chi connectivity index (χ2v) is 7.82. The lowest BCUT2D eigenvalue weighted by Gasteiger charge is -2.58. The van der Waals surface area contributed by atoms with E-state index in [4.69, 9.17) is 4.74 Å². The first-order chi connectivity index (χ1) is 9.12. The highest BCUT2D eigenvalue weighted by Gasteiger charge is 2.51. The fraction of sp³-hybridized carbons (Fsp3) is 0.938. The van der Waals surface area contributed by atoms with Crippen LogP contribution in [0.5, 0.6) is 0 Å². The molecule has 0 radical (unpaired) electrons. The molecular formula is C16H25NO2. The molecule has 5 aliphatic rings. The van der Waals surface area contributed by atoms with Crippen LogP contribution in [0.25, 0.3) is 0 Å². The molecule has 1 aliphatic heterocycles. The smallest absolute Gasteiger partial charge is 0.410 e. The molecule has 4 aliphatic carbocycles. The van der Waals surface area contributed by atoms with Crippen molar-refractivity contribution in [2.24, 2.45) is 23.2 Å². The molecule has 0 N–H and O–H groups in total. The van der Waals surface area contributed by atoms with Crippen molar-refractivity contribution < 1.29 is 9.53 Å². The molecule has 0 aromatic heterocycles. The molecule has 0 aromatic rings. The third kappa shape index (κ3) is 2.05. The largest absolute Gasteiger partial charge is 0.446 e. The van der Waals surface area contributed by atoms with Gasteiger partial charge in [-0.2, -0.15) is 0 Å². The zero-order valence-electron chi connectivity index (χ0n) is 11.9.